The number of imide groups is 1. The molecule has 3 aliphatic heterocycles. The van der Waals surface area contributed by atoms with E-state index in [1.807, 2.05) is 60.7 Å². The number of aromatic nitrogens is 2. The SMILES string of the molecule is COCCOCCOCCOCCC(=O)NCCCCC[C@H](NC(=O)CN1C(=O)C=CC1=O)C(=O)NCCCCCCN1N=C(c2ccc(NC(=O)N3Cc4ccncc4C3)cc2)CC(c2cccc3ncccc23)C1=O. The van der Waals surface area contributed by atoms with Gasteiger partial charge in [0, 0.05) is 94.5 Å². The van der Waals surface area contributed by atoms with E-state index >= 15 is 0 Å². The molecule has 0 aliphatic carbocycles. The molecule has 0 saturated carbocycles. The van der Waals surface area contributed by atoms with E-state index in [0.29, 0.717) is 123 Å². The first-order chi connectivity index (χ1) is 37.6. The Hall–Kier alpha value is -7.46. The van der Waals surface area contributed by atoms with Crippen LogP contribution in [0.3, 0.4) is 0 Å². The fourth-order valence-electron chi connectivity index (χ4n) is 9.15. The summed E-state index contributed by atoms with van der Waals surface area (Å²) in [5, 5.41) is 18.9. The average Bonchev–Trinajstić information content (AvgIpc) is 4.04. The highest BCUT2D eigenvalue weighted by molar-refractivity contribution is 6.14. The van der Waals surface area contributed by atoms with E-state index in [1.54, 1.807) is 35.6 Å². The zero-order valence-corrected chi connectivity index (χ0v) is 43.8. The normalized spacial score (nSPS) is 15.4. The highest BCUT2D eigenvalue weighted by atomic mass is 16.6. The topological polar surface area (TPSA) is 252 Å². The number of nitrogens with one attached hydrogen (secondary N) is 4. The maximum atomic E-state index is 14.3. The Labute approximate surface area is 448 Å². The molecule has 5 heterocycles. The van der Waals surface area contributed by atoms with Gasteiger partial charge in [0.25, 0.3) is 17.7 Å². The summed E-state index contributed by atoms with van der Waals surface area (Å²) < 4.78 is 21.2. The Morgan fingerprint density at radius 2 is 1.42 bits per heavy atom. The predicted molar refractivity (Wildman–Crippen MR) is 286 cm³/mol. The maximum Gasteiger partial charge on any atom is 0.322 e. The third kappa shape index (κ3) is 17.5. The molecule has 410 valence electrons. The lowest BCUT2D eigenvalue weighted by Crippen LogP contribution is -2.50. The van der Waals surface area contributed by atoms with Crippen LogP contribution in [0.15, 0.2) is 96.5 Å². The number of carbonyl (C=O) groups is 7. The van der Waals surface area contributed by atoms with E-state index in [4.69, 9.17) is 24.0 Å². The summed E-state index contributed by atoms with van der Waals surface area (Å²) in [6.07, 6.45) is 13.0. The number of hydrogen-bond acceptors (Lipinski definition) is 14. The highest BCUT2D eigenvalue weighted by Gasteiger charge is 2.34. The van der Waals surface area contributed by atoms with Gasteiger partial charge in [-0.3, -0.25) is 43.6 Å². The van der Waals surface area contributed by atoms with Gasteiger partial charge in [-0.25, -0.2) is 9.80 Å². The molecule has 7 rings (SSSR count). The van der Waals surface area contributed by atoms with Crippen LogP contribution in [0.2, 0.25) is 0 Å². The fourth-order valence-corrected chi connectivity index (χ4v) is 9.15. The van der Waals surface area contributed by atoms with Gasteiger partial charge in [-0.15, -0.1) is 0 Å². The van der Waals surface area contributed by atoms with Crippen LogP contribution in [-0.4, -0.2) is 158 Å². The van der Waals surface area contributed by atoms with E-state index in [2.05, 4.69) is 31.2 Å². The molecular formula is C56H70N10O11. The first-order valence-corrected chi connectivity index (χ1v) is 26.5. The molecule has 3 aliphatic rings. The van der Waals surface area contributed by atoms with Crippen LogP contribution in [0.5, 0.6) is 0 Å². The lowest BCUT2D eigenvalue weighted by molar-refractivity contribution is -0.141. The third-order valence-electron chi connectivity index (χ3n) is 13.3. The van der Waals surface area contributed by atoms with Gasteiger partial charge in [-0.05, 0) is 78.3 Å². The van der Waals surface area contributed by atoms with Gasteiger partial charge in [0.15, 0.2) is 0 Å². The van der Waals surface area contributed by atoms with Crippen molar-refractivity contribution in [2.45, 2.75) is 89.3 Å². The van der Waals surface area contributed by atoms with Gasteiger partial charge in [0.2, 0.25) is 17.7 Å². The number of unbranched alkanes of at least 4 members (excludes halogenated alkanes) is 5. The number of hydrogen-bond donors (Lipinski definition) is 4. The number of carbonyl (C=O) groups excluding carboxylic acids is 7. The lowest BCUT2D eigenvalue weighted by atomic mass is 9.86. The average molecular weight is 1060 g/mol. The molecule has 1 unspecified atom stereocenters. The molecule has 4 N–H and O–H groups in total. The summed E-state index contributed by atoms with van der Waals surface area (Å²) in [6, 6.07) is 18.0. The number of fused-ring (bicyclic) bond motifs is 2. The van der Waals surface area contributed by atoms with Crippen LogP contribution in [-0.2, 0) is 60.8 Å². The Balaban J connectivity index is 0.855. The van der Waals surface area contributed by atoms with Gasteiger partial charge in [0.1, 0.15) is 12.6 Å². The Morgan fingerprint density at radius 1 is 0.714 bits per heavy atom. The van der Waals surface area contributed by atoms with Crippen molar-refractivity contribution in [3.05, 3.63) is 114 Å². The fraction of sp³-hybridized carbons (Fsp3) is 0.464. The molecule has 0 radical (unpaired) electrons. The zero-order valence-electron chi connectivity index (χ0n) is 43.8. The molecule has 4 aromatic rings. The monoisotopic (exact) mass is 1060 g/mol. The van der Waals surface area contributed by atoms with Crippen LogP contribution in [0.25, 0.3) is 10.9 Å². The molecule has 0 spiro atoms. The summed E-state index contributed by atoms with van der Waals surface area (Å²) in [7, 11) is 1.61. The number of hydrazone groups is 1. The zero-order chi connectivity index (χ0) is 54.2. The van der Waals surface area contributed by atoms with E-state index in [9.17, 15) is 33.6 Å². The molecule has 2 aromatic heterocycles. The largest absolute Gasteiger partial charge is 0.382 e. The summed E-state index contributed by atoms with van der Waals surface area (Å²) in [5.74, 6) is -2.96. The van der Waals surface area contributed by atoms with E-state index < -0.39 is 36.2 Å². The molecule has 0 bridgehead atoms. The van der Waals surface area contributed by atoms with Crippen LogP contribution >= 0.6 is 0 Å². The van der Waals surface area contributed by atoms with Crippen molar-refractivity contribution in [1.29, 1.82) is 0 Å². The van der Waals surface area contributed by atoms with Crippen molar-refractivity contribution in [3.8, 4) is 0 Å². The number of rotatable bonds is 32. The summed E-state index contributed by atoms with van der Waals surface area (Å²) in [4.78, 5) is 102. The second-order valence-corrected chi connectivity index (χ2v) is 18.9. The smallest absolute Gasteiger partial charge is 0.322 e. The highest BCUT2D eigenvalue weighted by Crippen LogP contribution is 2.34. The van der Waals surface area contributed by atoms with Crippen molar-refractivity contribution in [2.24, 2.45) is 5.10 Å². The van der Waals surface area contributed by atoms with Gasteiger partial charge in [-0.2, -0.15) is 5.10 Å². The van der Waals surface area contributed by atoms with E-state index in [1.165, 1.54) is 0 Å². The Bertz CT molecular complexity index is 2670. The van der Waals surface area contributed by atoms with Crippen molar-refractivity contribution in [3.63, 3.8) is 0 Å². The van der Waals surface area contributed by atoms with Gasteiger partial charge in [0.05, 0.1) is 63.4 Å². The van der Waals surface area contributed by atoms with Gasteiger partial charge < -0.3 is 45.1 Å². The summed E-state index contributed by atoms with van der Waals surface area (Å²) >= 11 is 0. The van der Waals surface area contributed by atoms with Gasteiger partial charge in [-0.1, -0.05) is 56.0 Å². The molecule has 77 heavy (non-hydrogen) atoms. The minimum Gasteiger partial charge on any atom is -0.382 e. The molecule has 21 heteroatoms. The lowest BCUT2D eigenvalue weighted by Gasteiger charge is -2.30. The van der Waals surface area contributed by atoms with Crippen molar-refractivity contribution in [2.75, 3.05) is 84.9 Å². The number of anilines is 1. The Kier molecular flexibility index (Phi) is 22.5. The van der Waals surface area contributed by atoms with Crippen LogP contribution in [0, 0.1) is 0 Å². The number of pyridine rings is 2. The van der Waals surface area contributed by atoms with Crippen LogP contribution in [0.1, 0.15) is 92.4 Å². The maximum absolute atomic E-state index is 14.3. The second kappa shape index (κ2) is 30.3. The Morgan fingerprint density at radius 3 is 2.17 bits per heavy atom. The number of benzene rings is 2. The molecule has 2 atom stereocenters. The van der Waals surface area contributed by atoms with Crippen molar-refractivity contribution < 1.29 is 52.5 Å². The number of methoxy groups -OCH3 is 1. The minimum absolute atomic E-state index is 0.105. The standard InChI is InChI=1S/C56H70N10O11/c1-74-29-30-76-33-34-77-32-31-75-28-22-50(67)59-23-7-4-5-13-48(62-51(68)39-65-52(69)19-20-53(65)70)54(71)60-24-6-2-3-8-27-66-55(72)46(44-11-9-14-47-45(44)12-10-25-58-47)35-49(63-66)40-15-17-43(18-16-40)61-56(73)64-37-41-21-26-57-36-42(41)38-64/h9-12,14-21,25-26,36,46,48H,2-8,13,22-24,27-35,37-39H2,1H3,(H,59,67)(H,60,71)(H,61,73)(H,62,68)/t46?,48-/m0/s1. The molecule has 0 fully saturated rings. The first-order valence-electron chi connectivity index (χ1n) is 26.5. The van der Waals surface area contributed by atoms with E-state index in [-0.39, 0.29) is 36.8 Å². The van der Waals surface area contributed by atoms with Crippen LogP contribution < -0.4 is 21.3 Å². The number of ether oxygens (including phenoxy) is 4. The molecule has 0 saturated heterocycles. The molecular weight excluding hydrogens is 989 g/mol. The number of amides is 8. The van der Waals surface area contributed by atoms with Crippen molar-refractivity contribution >= 4 is 63.8 Å². The summed E-state index contributed by atoms with van der Waals surface area (Å²) in [5.41, 5.74) is 6.00. The minimum atomic E-state index is -0.911. The molecule has 21 nitrogen and oxygen atoms in total. The number of urea groups is 1. The van der Waals surface area contributed by atoms with Gasteiger partial charge >= 0.3 is 6.03 Å². The van der Waals surface area contributed by atoms with E-state index in [0.717, 1.165) is 68.8 Å². The number of nitrogens with zero attached hydrogens (tertiary/aromatic N) is 6. The molecule has 8 amide bonds. The quantitative estimate of drug-likeness (QED) is 0.0381. The molecule has 2 aromatic carbocycles. The third-order valence-corrected chi connectivity index (χ3v) is 13.3. The predicted octanol–water partition coefficient (Wildman–Crippen LogP) is 4.75. The first kappa shape index (κ1) is 57.2. The second-order valence-electron chi connectivity index (χ2n) is 18.9. The van der Waals surface area contributed by atoms with Crippen LogP contribution in [0.4, 0.5) is 10.5 Å². The summed E-state index contributed by atoms with van der Waals surface area (Å²) in [6.45, 7) is 4.63. The van der Waals surface area contributed by atoms with Crippen molar-refractivity contribution in [1.82, 2.24) is 40.7 Å².